The van der Waals surface area contributed by atoms with Crippen molar-refractivity contribution in [2.24, 2.45) is 0 Å². The number of rotatable bonds is 2. The first-order valence-electron chi connectivity index (χ1n) is 4.20. The summed E-state index contributed by atoms with van der Waals surface area (Å²) in [5, 5.41) is 6.78. The summed E-state index contributed by atoms with van der Waals surface area (Å²) in [6.07, 6.45) is 1.46. The zero-order chi connectivity index (χ0) is 11.5. The molecule has 0 saturated carbocycles. The van der Waals surface area contributed by atoms with E-state index in [0.717, 1.165) is 11.5 Å². The van der Waals surface area contributed by atoms with Crippen LogP contribution in [-0.2, 0) is 0 Å². The normalized spacial score (nSPS) is 10.1. The second-order valence-electron chi connectivity index (χ2n) is 2.86. The van der Waals surface area contributed by atoms with Crippen molar-refractivity contribution in [1.82, 2.24) is 9.59 Å². The van der Waals surface area contributed by atoms with E-state index in [9.17, 15) is 9.18 Å². The molecule has 4 nitrogen and oxygen atoms in total. The molecule has 16 heavy (non-hydrogen) atoms. The van der Waals surface area contributed by atoms with E-state index in [0.29, 0.717) is 14.1 Å². The summed E-state index contributed by atoms with van der Waals surface area (Å²) >= 11 is 3.00. The van der Waals surface area contributed by atoms with Gasteiger partial charge in [-0.1, -0.05) is 4.49 Å². The quantitative estimate of drug-likeness (QED) is 0.848. The third-order valence-electron chi connectivity index (χ3n) is 1.77. The molecule has 0 unspecified atom stereocenters. The van der Waals surface area contributed by atoms with Gasteiger partial charge in [0.05, 0.1) is 11.8 Å². The molecule has 2 rings (SSSR count). The van der Waals surface area contributed by atoms with Crippen LogP contribution in [0, 0.1) is 9.39 Å². The molecule has 1 aromatic carbocycles. The van der Waals surface area contributed by atoms with E-state index >= 15 is 0 Å². The van der Waals surface area contributed by atoms with Crippen LogP contribution < -0.4 is 5.32 Å². The molecule has 0 saturated heterocycles. The lowest BCUT2D eigenvalue weighted by Crippen LogP contribution is -2.12. The van der Waals surface area contributed by atoms with Crippen LogP contribution in [0.3, 0.4) is 0 Å². The molecule has 1 N–H and O–H groups in total. The van der Waals surface area contributed by atoms with Gasteiger partial charge in [-0.3, -0.25) is 4.79 Å². The lowest BCUT2D eigenvalue weighted by Gasteiger charge is -2.03. The van der Waals surface area contributed by atoms with Crippen molar-refractivity contribution in [3.8, 4) is 0 Å². The number of hydrogen-bond acceptors (Lipinski definition) is 4. The molecule has 2 aromatic rings. The lowest BCUT2D eigenvalue weighted by atomic mass is 10.2. The van der Waals surface area contributed by atoms with Gasteiger partial charge in [0.25, 0.3) is 5.91 Å². The second-order valence-corrected chi connectivity index (χ2v) is 4.81. The van der Waals surface area contributed by atoms with Gasteiger partial charge < -0.3 is 5.32 Å². The molecule has 1 aromatic heterocycles. The number of hydrogen-bond donors (Lipinski definition) is 1. The number of halogens is 2. The standard InChI is InChI=1S/C9H5FIN3OS/c10-5-1-2-6(7(11)3-5)9(15)13-8-4-12-14-16-8/h1-4H,(H,13,15). The highest BCUT2D eigenvalue weighted by atomic mass is 127. The molecule has 0 bridgehead atoms. The van der Waals surface area contributed by atoms with E-state index in [1.165, 1.54) is 24.4 Å². The molecule has 0 atom stereocenters. The van der Waals surface area contributed by atoms with Crippen LogP contribution in [0.5, 0.6) is 0 Å². The molecule has 0 radical (unpaired) electrons. The third-order valence-corrected chi connectivity index (χ3v) is 3.25. The number of nitrogens with zero attached hydrogens (tertiary/aromatic N) is 2. The summed E-state index contributed by atoms with van der Waals surface area (Å²) in [7, 11) is 0. The monoisotopic (exact) mass is 349 g/mol. The molecule has 0 aliphatic carbocycles. The van der Waals surface area contributed by atoms with Crippen molar-refractivity contribution in [2.45, 2.75) is 0 Å². The van der Waals surface area contributed by atoms with Crippen LogP contribution in [0.25, 0.3) is 0 Å². The molecule has 1 amide bonds. The number of aromatic nitrogens is 2. The Morgan fingerprint density at radius 2 is 2.31 bits per heavy atom. The van der Waals surface area contributed by atoms with Crippen molar-refractivity contribution in [2.75, 3.05) is 5.32 Å². The van der Waals surface area contributed by atoms with Crippen LogP contribution in [-0.4, -0.2) is 15.5 Å². The average Bonchev–Trinajstić information content (AvgIpc) is 2.70. The molecular formula is C9H5FIN3OS. The number of carbonyl (C=O) groups is 1. The predicted molar refractivity (Wildman–Crippen MR) is 67.0 cm³/mol. The molecule has 0 aliphatic heterocycles. The minimum absolute atomic E-state index is 0.296. The topological polar surface area (TPSA) is 54.9 Å². The molecule has 1 heterocycles. The molecule has 82 valence electrons. The fourth-order valence-electron chi connectivity index (χ4n) is 1.08. The molecule has 0 aliphatic rings. The van der Waals surface area contributed by atoms with Crippen molar-refractivity contribution in [1.29, 1.82) is 0 Å². The fraction of sp³-hybridized carbons (Fsp3) is 0. The first-order valence-corrected chi connectivity index (χ1v) is 6.06. The Balaban J connectivity index is 2.21. The van der Waals surface area contributed by atoms with Gasteiger partial charge in [-0.25, -0.2) is 4.39 Å². The molecule has 0 spiro atoms. The van der Waals surface area contributed by atoms with Gasteiger partial charge >= 0.3 is 0 Å². The number of nitrogens with one attached hydrogen (secondary N) is 1. The van der Waals surface area contributed by atoms with Crippen molar-refractivity contribution in [3.63, 3.8) is 0 Å². The van der Waals surface area contributed by atoms with Crippen molar-refractivity contribution >= 4 is 45.0 Å². The first kappa shape index (κ1) is 11.4. The maximum absolute atomic E-state index is 12.8. The van der Waals surface area contributed by atoms with E-state index in [-0.39, 0.29) is 11.7 Å². The summed E-state index contributed by atoms with van der Waals surface area (Å²) in [5.41, 5.74) is 0.426. The zero-order valence-electron chi connectivity index (χ0n) is 7.78. The van der Waals surface area contributed by atoms with Gasteiger partial charge in [0.2, 0.25) is 0 Å². The summed E-state index contributed by atoms with van der Waals surface area (Å²) in [6, 6.07) is 4.00. The maximum Gasteiger partial charge on any atom is 0.257 e. The molecule has 7 heteroatoms. The summed E-state index contributed by atoms with van der Waals surface area (Å²) in [6.45, 7) is 0. The smallest absolute Gasteiger partial charge is 0.257 e. The SMILES string of the molecule is O=C(Nc1cnns1)c1ccc(F)cc1I. The van der Waals surface area contributed by atoms with E-state index in [1.54, 1.807) is 0 Å². The van der Waals surface area contributed by atoms with E-state index in [2.05, 4.69) is 14.9 Å². The largest absolute Gasteiger partial charge is 0.311 e. The Morgan fingerprint density at radius 1 is 1.50 bits per heavy atom. The number of benzene rings is 1. The minimum atomic E-state index is -0.361. The molecule has 0 fully saturated rings. The highest BCUT2D eigenvalue weighted by molar-refractivity contribution is 14.1. The highest BCUT2D eigenvalue weighted by Gasteiger charge is 2.11. The Morgan fingerprint density at radius 3 is 2.94 bits per heavy atom. The van der Waals surface area contributed by atoms with Gasteiger partial charge in [-0.2, -0.15) is 0 Å². The zero-order valence-corrected chi connectivity index (χ0v) is 10.8. The summed E-state index contributed by atoms with van der Waals surface area (Å²) in [4.78, 5) is 11.8. The molecular weight excluding hydrogens is 344 g/mol. The average molecular weight is 349 g/mol. The second kappa shape index (κ2) is 4.83. The highest BCUT2D eigenvalue weighted by Crippen LogP contribution is 2.17. The van der Waals surface area contributed by atoms with Gasteiger partial charge in [-0.05, 0) is 40.8 Å². The lowest BCUT2D eigenvalue weighted by molar-refractivity contribution is 0.102. The summed E-state index contributed by atoms with van der Waals surface area (Å²) in [5.74, 6) is -0.657. The maximum atomic E-state index is 12.8. The van der Waals surface area contributed by atoms with Crippen LogP contribution in [0.4, 0.5) is 9.39 Å². The van der Waals surface area contributed by atoms with Crippen LogP contribution in [0.15, 0.2) is 24.4 Å². The van der Waals surface area contributed by atoms with E-state index in [1.807, 2.05) is 22.6 Å². The number of carbonyl (C=O) groups excluding carboxylic acids is 1. The first-order chi connectivity index (χ1) is 7.66. The Bertz CT molecular complexity index is 517. The fourth-order valence-corrected chi connectivity index (χ4v) is 2.21. The predicted octanol–water partition coefficient (Wildman–Crippen LogP) is 2.53. The van der Waals surface area contributed by atoms with Gasteiger partial charge in [0, 0.05) is 15.1 Å². The van der Waals surface area contributed by atoms with Crippen molar-refractivity contribution in [3.05, 3.63) is 39.3 Å². The Hall–Kier alpha value is -1.09. The van der Waals surface area contributed by atoms with Crippen LogP contribution in [0.2, 0.25) is 0 Å². The summed E-state index contributed by atoms with van der Waals surface area (Å²) < 4.78 is 17.0. The van der Waals surface area contributed by atoms with Gasteiger partial charge in [0.15, 0.2) is 0 Å². The Labute approximate surface area is 108 Å². The Kier molecular flexibility index (Phi) is 3.44. The van der Waals surface area contributed by atoms with Crippen LogP contribution >= 0.6 is 34.1 Å². The van der Waals surface area contributed by atoms with Crippen LogP contribution in [0.1, 0.15) is 10.4 Å². The van der Waals surface area contributed by atoms with Gasteiger partial charge in [0.1, 0.15) is 10.8 Å². The van der Waals surface area contributed by atoms with Gasteiger partial charge in [-0.15, -0.1) is 5.10 Å². The van der Waals surface area contributed by atoms with Crippen molar-refractivity contribution < 1.29 is 9.18 Å². The number of amides is 1. The third kappa shape index (κ3) is 2.53. The van der Waals surface area contributed by atoms with E-state index < -0.39 is 0 Å². The minimum Gasteiger partial charge on any atom is -0.311 e. The number of anilines is 1. The van der Waals surface area contributed by atoms with E-state index in [4.69, 9.17) is 0 Å².